The Kier molecular flexibility index (Phi) is 2.44. The Labute approximate surface area is 86.0 Å². The van der Waals surface area contributed by atoms with Gasteiger partial charge in [0.25, 0.3) is 0 Å². The molecule has 13 heavy (non-hydrogen) atoms. The van der Waals surface area contributed by atoms with Gasteiger partial charge in [0.1, 0.15) is 0 Å². The second-order valence-corrected chi connectivity index (χ2v) is 4.15. The van der Waals surface area contributed by atoms with Crippen molar-refractivity contribution < 1.29 is 9.47 Å². The van der Waals surface area contributed by atoms with E-state index < -0.39 is 0 Å². The Morgan fingerprint density at radius 2 is 2.08 bits per heavy atom. The van der Waals surface area contributed by atoms with E-state index in [9.17, 15) is 0 Å². The maximum absolute atomic E-state index is 5.62. The Morgan fingerprint density at radius 3 is 2.92 bits per heavy atom. The fraction of sp³-hybridized carbons (Fsp3) is 0.400. The van der Waals surface area contributed by atoms with Gasteiger partial charge in [-0.15, -0.1) is 0 Å². The lowest BCUT2D eigenvalue weighted by Gasteiger charge is -2.07. The van der Waals surface area contributed by atoms with Crippen molar-refractivity contribution in [3.8, 4) is 11.5 Å². The topological polar surface area (TPSA) is 18.5 Å². The van der Waals surface area contributed by atoms with E-state index in [1.54, 1.807) is 0 Å². The highest BCUT2D eigenvalue weighted by atomic mass is 79.9. The molecule has 2 rings (SSSR count). The molecule has 0 spiro atoms. The maximum Gasteiger partial charge on any atom is 0.175 e. The van der Waals surface area contributed by atoms with E-state index in [1.165, 1.54) is 0 Å². The third kappa shape index (κ3) is 1.80. The summed E-state index contributed by atoms with van der Waals surface area (Å²) in [6, 6.07) is 5.83. The molecule has 0 saturated heterocycles. The molecule has 0 fully saturated rings. The molecule has 0 aliphatic carbocycles. The molecule has 70 valence electrons. The molecule has 0 radical (unpaired) electrons. The second-order valence-electron chi connectivity index (χ2n) is 3.29. The van der Waals surface area contributed by atoms with Gasteiger partial charge in [-0.2, -0.15) is 0 Å². The van der Waals surface area contributed by atoms with Crippen LogP contribution in [0.4, 0.5) is 0 Å². The fourth-order valence-corrected chi connectivity index (χ4v) is 1.71. The van der Waals surface area contributed by atoms with E-state index in [-0.39, 0.29) is 0 Å². The number of hydrogen-bond donors (Lipinski definition) is 0. The normalized spacial score (nSPS) is 20.9. The van der Waals surface area contributed by atoms with Crippen LogP contribution in [0.2, 0.25) is 0 Å². The van der Waals surface area contributed by atoms with Crippen LogP contribution in [0.1, 0.15) is 6.92 Å². The molecule has 0 aromatic heterocycles. The first-order valence-electron chi connectivity index (χ1n) is 4.31. The first-order chi connectivity index (χ1) is 6.27. The summed E-state index contributed by atoms with van der Waals surface area (Å²) < 4.78 is 12.2. The molecule has 0 amide bonds. The summed E-state index contributed by atoms with van der Waals surface area (Å²) in [6.07, 6.45) is 0. The maximum atomic E-state index is 5.62. The number of hydrogen-bond acceptors (Lipinski definition) is 2. The molecule has 1 heterocycles. The van der Waals surface area contributed by atoms with Crippen LogP contribution < -0.4 is 9.47 Å². The van der Waals surface area contributed by atoms with E-state index in [2.05, 4.69) is 22.9 Å². The summed E-state index contributed by atoms with van der Waals surface area (Å²) in [6.45, 7) is 3.55. The molecule has 1 aromatic rings. The largest absolute Gasteiger partial charge is 0.489 e. The van der Waals surface area contributed by atoms with Gasteiger partial charge >= 0.3 is 0 Å². The van der Waals surface area contributed by atoms with Gasteiger partial charge in [0.05, 0.1) is 17.7 Å². The van der Waals surface area contributed by atoms with Crippen molar-refractivity contribution in [3.05, 3.63) is 22.7 Å². The van der Waals surface area contributed by atoms with E-state index in [1.807, 2.05) is 18.2 Å². The van der Waals surface area contributed by atoms with Gasteiger partial charge in [-0.25, -0.2) is 0 Å². The molecule has 1 aliphatic heterocycles. The molecule has 0 saturated carbocycles. The number of para-hydroxylation sites is 1. The zero-order chi connectivity index (χ0) is 9.26. The first kappa shape index (κ1) is 8.88. The van der Waals surface area contributed by atoms with Crippen molar-refractivity contribution in [1.29, 1.82) is 0 Å². The molecule has 0 bridgehead atoms. The summed E-state index contributed by atoms with van der Waals surface area (Å²) in [4.78, 5) is 0. The van der Waals surface area contributed by atoms with Crippen LogP contribution in [0.3, 0.4) is 0 Å². The van der Waals surface area contributed by atoms with Crippen LogP contribution in [0.5, 0.6) is 11.5 Å². The SMILES string of the molecule is CC1COc2cccc(Br)c2OC1. The lowest BCUT2D eigenvalue weighted by molar-refractivity contribution is 0.228. The Bertz CT molecular complexity index is 312. The second kappa shape index (κ2) is 3.58. The third-order valence-electron chi connectivity index (χ3n) is 1.97. The first-order valence-corrected chi connectivity index (χ1v) is 5.11. The number of benzene rings is 1. The van der Waals surface area contributed by atoms with Gasteiger partial charge in [0.2, 0.25) is 0 Å². The van der Waals surface area contributed by atoms with Gasteiger partial charge in [-0.05, 0) is 28.1 Å². The highest BCUT2D eigenvalue weighted by Gasteiger charge is 2.16. The number of halogens is 1. The molecular weight excluding hydrogens is 232 g/mol. The van der Waals surface area contributed by atoms with Crippen molar-refractivity contribution in [3.63, 3.8) is 0 Å². The Hall–Kier alpha value is -0.700. The number of ether oxygens (including phenoxy) is 2. The monoisotopic (exact) mass is 242 g/mol. The fourth-order valence-electron chi connectivity index (χ4n) is 1.25. The quantitative estimate of drug-likeness (QED) is 0.697. The Balaban J connectivity index is 2.35. The van der Waals surface area contributed by atoms with Gasteiger partial charge in [-0.3, -0.25) is 0 Å². The molecule has 1 aromatic carbocycles. The van der Waals surface area contributed by atoms with E-state index in [0.717, 1.165) is 29.2 Å². The Morgan fingerprint density at radius 1 is 1.31 bits per heavy atom. The van der Waals surface area contributed by atoms with Crippen molar-refractivity contribution in [2.24, 2.45) is 5.92 Å². The van der Waals surface area contributed by atoms with Crippen molar-refractivity contribution in [2.75, 3.05) is 13.2 Å². The van der Waals surface area contributed by atoms with Crippen LogP contribution in [0.25, 0.3) is 0 Å². The summed E-state index contributed by atoms with van der Waals surface area (Å²) in [5, 5.41) is 0. The van der Waals surface area contributed by atoms with Crippen molar-refractivity contribution >= 4 is 15.9 Å². The highest BCUT2D eigenvalue weighted by molar-refractivity contribution is 9.10. The zero-order valence-electron chi connectivity index (χ0n) is 7.42. The van der Waals surface area contributed by atoms with Crippen LogP contribution >= 0.6 is 15.9 Å². The summed E-state index contributed by atoms with van der Waals surface area (Å²) in [7, 11) is 0. The summed E-state index contributed by atoms with van der Waals surface area (Å²) >= 11 is 3.43. The molecule has 1 aliphatic rings. The van der Waals surface area contributed by atoms with Crippen LogP contribution in [0.15, 0.2) is 22.7 Å². The molecular formula is C10H11BrO2. The number of fused-ring (bicyclic) bond motifs is 1. The highest BCUT2D eigenvalue weighted by Crippen LogP contribution is 2.36. The van der Waals surface area contributed by atoms with Gasteiger partial charge in [-0.1, -0.05) is 13.0 Å². The van der Waals surface area contributed by atoms with E-state index in [0.29, 0.717) is 5.92 Å². The minimum absolute atomic E-state index is 0.444. The van der Waals surface area contributed by atoms with Crippen molar-refractivity contribution in [2.45, 2.75) is 6.92 Å². The van der Waals surface area contributed by atoms with Crippen LogP contribution in [-0.2, 0) is 0 Å². The molecule has 0 N–H and O–H groups in total. The lowest BCUT2D eigenvalue weighted by Crippen LogP contribution is -2.12. The summed E-state index contributed by atoms with van der Waals surface area (Å²) in [5.74, 6) is 2.10. The van der Waals surface area contributed by atoms with Crippen molar-refractivity contribution in [1.82, 2.24) is 0 Å². The van der Waals surface area contributed by atoms with Crippen LogP contribution in [-0.4, -0.2) is 13.2 Å². The average Bonchev–Trinajstić information content (AvgIpc) is 2.30. The molecule has 1 atom stereocenters. The standard InChI is InChI=1S/C10H11BrO2/c1-7-5-12-9-4-2-3-8(11)10(9)13-6-7/h2-4,7H,5-6H2,1H3. The van der Waals surface area contributed by atoms with E-state index >= 15 is 0 Å². The van der Waals surface area contributed by atoms with Gasteiger partial charge in [0, 0.05) is 5.92 Å². The smallest absolute Gasteiger partial charge is 0.175 e. The zero-order valence-corrected chi connectivity index (χ0v) is 9.00. The lowest BCUT2D eigenvalue weighted by atomic mass is 10.2. The molecule has 1 unspecified atom stereocenters. The predicted octanol–water partition coefficient (Wildman–Crippen LogP) is 2.86. The third-order valence-corrected chi connectivity index (χ3v) is 2.59. The summed E-state index contributed by atoms with van der Waals surface area (Å²) in [5.41, 5.74) is 0. The number of rotatable bonds is 0. The molecule has 2 nitrogen and oxygen atoms in total. The van der Waals surface area contributed by atoms with Gasteiger partial charge < -0.3 is 9.47 Å². The van der Waals surface area contributed by atoms with E-state index in [4.69, 9.17) is 9.47 Å². The minimum Gasteiger partial charge on any atom is -0.489 e. The van der Waals surface area contributed by atoms with Crippen LogP contribution in [0, 0.1) is 5.92 Å². The van der Waals surface area contributed by atoms with Gasteiger partial charge in [0.15, 0.2) is 11.5 Å². The molecule has 3 heteroatoms. The predicted molar refractivity (Wildman–Crippen MR) is 54.3 cm³/mol. The average molecular weight is 243 g/mol. The minimum atomic E-state index is 0.444.